The predicted molar refractivity (Wildman–Crippen MR) is 74.1 cm³/mol. The number of hydrogen-bond acceptors (Lipinski definition) is 4. The molecular formula is C15H16N2O2. The Morgan fingerprint density at radius 1 is 1.26 bits per heavy atom. The summed E-state index contributed by atoms with van der Waals surface area (Å²) in [6.45, 7) is 5.74. The zero-order valence-corrected chi connectivity index (χ0v) is 10.8. The molecule has 0 fully saturated rings. The van der Waals surface area contributed by atoms with E-state index in [4.69, 9.17) is 9.94 Å². The molecule has 4 nitrogen and oxygen atoms in total. The van der Waals surface area contributed by atoms with Crippen LogP contribution in [0.5, 0.6) is 11.6 Å². The van der Waals surface area contributed by atoms with Gasteiger partial charge in [-0.3, -0.25) is 10.7 Å². The summed E-state index contributed by atoms with van der Waals surface area (Å²) in [5, 5.41) is 8.73. The van der Waals surface area contributed by atoms with E-state index in [-0.39, 0.29) is 0 Å². The standard InChI is InChI=1S/C15H16N2O2/c1-3-12-4-7-14(8-5-12)19-15-9-6-13(10-16-15)11(2)17-18/h4-10,17-18H,2-3H2,1H3. The molecule has 0 radical (unpaired) electrons. The SMILES string of the molecule is C=C(NO)c1ccc(Oc2ccc(CC)cc2)nc1. The second kappa shape index (κ2) is 6.02. The van der Waals surface area contributed by atoms with Crippen molar-refractivity contribution in [2.24, 2.45) is 0 Å². The molecular weight excluding hydrogens is 240 g/mol. The van der Waals surface area contributed by atoms with Gasteiger partial charge in [-0.1, -0.05) is 25.6 Å². The van der Waals surface area contributed by atoms with E-state index in [9.17, 15) is 0 Å². The molecule has 0 amide bonds. The van der Waals surface area contributed by atoms with Gasteiger partial charge in [-0.05, 0) is 30.2 Å². The van der Waals surface area contributed by atoms with Crippen molar-refractivity contribution in [2.45, 2.75) is 13.3 Å². The second-order valence-electron chi connectivity index (χ2n) is 4.08. The van der Waals surface area contributed by atoms with E-state index < -0.39 is 0 Å². The van der Waals surface area contributed by atoms with Crippen LogP contribution in [-0.4, -0.2) is 10.2 Å². The molecule has 0 aliphatic heterocycles. The summed E-state index contributed by atoms with van der Waals surface area (Å²) in [4.78, 5) is 4.15. The molecule has 2 aromatic rings. The zero-order valence-electron chi connectivity index (χ0n) is 10.8. The lowest BCUT2D eigenvalue weighted by atomic mass is 10.2. The lowest BCUT2D eigenvalue weighted by Gasteiger charge is -2.07. The van der Waals surface area contributed by atoms with Crippen LogP contribution in [0, 0.1) is 0 Å². The smallest absolute Gasteiger partial charge is 0.219 e. The Kier molecular flexibility index (Phi) is 4.15. The summed E-state index contributed by atoms with van der Waals surface area (Å²) in [6, 6.07) is 11.4. The number of benzene rings is 1. The first-order valence-corrected chi connectivity index (χ1v) is 6.05. The van der Waals surface area contributed by atoms with Crippen molar-refractivity contribution >= 4 is 5.70 Å². The van der Waals surface area contributed by atoms with Crippen molar-refractivity contribution in [2.75, 3.05) is 0 Å². The van der Waals surface area contributed by atoms with Crippen LogP contribution in [0.3, 0.4) is 0 Å². The van der Waals surface area contributed by atoms with Gasteiger partial charge in [0.2, 0.25) is 5.88 Å². The van der Waals surface area contributed by atoms with E-state index in [0.717, 1.165) is 12.2 Å². The summed E-state index contributed by atoms with van der Waals surface area (Å²) in [5.41, 5.74) is 4.35. The number of pyridine rings is 1. The van der Waals surface area contributed by atoms with Crippen molar-refractivity contribution in [1.29, 1.82) is 0 Å². The molecule has 2 N–H and O–H groups in total. The first-order valence-electron chi connectivity index (χ1n) is 6.05. The van der Waals surface area contributed by atoms with E-state index in [1.165, 1.54) is 5.56 Å². The number of nitrogens with zero attached hydrogens (tertiary/aromatic N) is 1. The fourth-order valence-electron chi connectivity index (χ4n) is 1.60. The maximum absolute atomic E-state index is 8.73. The molecule has 4 heteroatoms. The van der Waals surface area contributed by atoms with Crippen LogP contribution in [0.15, 0.2) is 49.2 Å². The van der Waals surface area contributed by atoms with Crippen LogP contribution in [0.2, 0.25) is 0 Å². The Morgan fingerprint density at radius 2 is 2.00 bits per heavy atom. The first kappa shape index (κ1) is 13.1. The van der Waals surface area contributed by atoms with Gasteiger partial charge in [0.15, 0.2) is 0 Å². The number of hydrogen-bond donors (Lipinski definition) is 2. The van der Waals surface area contributed by atoms with Gasteiger partial charge >= 0.3 is 0 Å². The maximum Gasteiger partial charge on any atom is 0.219 e. The van der Waals surface area contributed by atoms with Crippen LogP contribution in [0.25, 0.3) is 5.70 Å². The number of aryl methyl sites for hydroxylation is 1. The minimum atomic E-state index is 0.395. The third kappa shape index (κ3) is 3.33. The van der Waals surface area contributed by atoms with E-state index in [0.29, 0.717) is 17.1 Å². The van der Waals surface area contributed by atoms with Crippen LogP contribution < -0.4 is 10.2 Å². The average molecular weight is 256 g/mol. The second-order valence-corrected chi connectivity index (χ2v) is 4.08. The quantitative estimate of drug-likeness (QED) is 0.805. The average Bonchev–Trinajstić information content (AvgIpc) is 2.48. The van der Waals surface area contributed by atoms with Crippen molar-refractivity contribution < 1.29 is 9.94 Å². The van der Waals surface area contributed by atoms with Crippen molar-refractivity contribution in [1.82, 2.24) is 10.5 Å². The van der Waals surface area contributed by atoms with Gasteiger partial charge in [0, 0.05) is 17.8 Å². The summed E-state index contributed by atoms with van der Waals surface area (Å²) >= 11 is 0. The number of nitrogens with one attached hydrogen (secondary N) is 1. The van der Waals surface area contributed by atoms with Gasteiger partial charge in [0.05, 0.1) is 5.70 Å². The number of hydroxylamine groups is 1. The number of ether oxygens (including phenoxy) is 1. The Bertz CT molecular complexity index is 547. The largest absolute Gasteiger partial charge is 0.439 e. The lowest BCUT2D eigenvalue weighted by molar-refractivity contribution is 0.225. The van der Waals surface area contributed by atoms with Crippen LogP contribution in [0.1, 0.15) is 18.1 Å². The molecule has 1 aromatic carbocycles. The molecule has 19 heavy (non-hydrogen) atoms. The topological polar surface area (TPSA) is 54.4 Å². The van der Waals surface area contributed by atoms with Gasteiger partial charge in [-0.15, -0.1) is 0 Å². The highest BCUT2D eigenvalue weighted by Gasteiger charge is 2.01. The Balaban J connectivity index is 2.08. The van der Waals surface area contributed by atoms with E-state index in [1.54, 1.807) is 18.3 Å². The van der Waals surface area contributed by atoms with Crippen LogP contribution >= 0.6 is 0 Å². The minimum Gasteiger partial charge on any atom is -0.439 e. The van der Waals surface area contributed by atoms with Crippen molar-refractivity contribution in [3.05, 3.63) is 60.3 Å². The molecule has 1 heterocycles. The van der Waals surface area contributed by atoms with Gasteiger partial charge in [0.25, 0.3) is 0 Å². The van der Waals surface area contributed by atoms with Crippen molar-refractivity contribution in [3.63, 3.8) is 0 Å². The molecule has 0 spiro atoms. The molecule has 0 saturated carbocycles. The van der Waals surface area contributed by atoms with Gasteiger partial charge in [-0.2, -0.15) is 0 Å². The molecule has 0 bridgehead atoms. The molecule has 0 atom stereocenters. The predicted octanol–water partition coefficient (Wildman–Crippen LogP) is 3.39. The molecule has 2 rings (SSSR count). The summed E-state index contributed by atoms with van der Waals surface area (Å²) < 4.78 is 5.62. The third-order valence-corrected chi connectivity index (χ3v) is 2.77. The Hall–Kier alpha value is -2.33. The van der Waals surface area contributed by atoms with Gasteiger partial charge in [-0.25, -0.2) is 4.98 Å². The highest BCUT2D eigenvalue weighted by molar-refractivity contribution is 5.59. The first-order chi connectivity index (χ1) is 9.22. The van der Waals surface area contributed by atoms with Crippen LogP contribution in [-0.2, 0) is 6.42 Å². The van der Waals surface area contributed by atoms with E-state index in [2.05, 4.69) is 18.5 Å². The fraction of sp³-hybridized carbons (Fsp3) is 0.133. The third-order valence-electron chi connectivity index (χ3n) is 2.77. The molecule has 1 aromatic heterocycles. The van der Waals surface area contributed by atoms with Crippen molar-refractivity contribution in [3.8, 4) is 11.6 Å². The normalized spacial score (nSPS) is 10.0. The van der Waals surface area contributed by atoms with E-state index in [1.807, 2.05) is 29.7 Å². The molecule has 0 unspecified atom stereocenters. The molecule has 0 aliphatic carbocycles. The van der Waals surface area contributed by atoms with Gasteiger partial charge < -0.3 is 4.74 Å². The monoisotopic (exact) mass is 256 g/mol. The van der Waals surface area contributed by atoms with E-state index >= 15 is 0 Å². The fourth-order valence-corrected chi connectivity index (χ4v) is 1.60. The zero-order chi connectivity index (χ0) is 13.7. The summed E-state index contributed by atoms with van der Waals surface area (Å²) in [7, 11) is 0. The molecule has 0 aliphatic rings. The lowest BCUT2D eigenvalue weighted by Crippen LogP contribution is -2.04. The minimum absolute atomic E-state index is 0.395. The van der Waals surface area contributed by atoms with Gasteiger partial charge in [0.1, 0.15) is 5.75 Å². The highest BCUT2D eigenvalue weighted by Crippen LogP contribution is 2.20. The highest BCUT2D eigenvalue weighted by atomic mass is 16.5. The number of rotatable bonds is 5. The Morgan fingerprint density at radius 3 is 2.53 bits per heavy atom. The molecule has 0 saturated heterocycles. The summed E-state index contributed by atoms with van der Waals surface area (Å²) in [6.07, 6.45) is 2.59. The maximum atomic E-state index is 8.73. The van der Waals surface area contributed by atoms with Crippen LogP contribution in [0.4, 0.5) is 0 Å². The Labute approximate surface area is 112 Å². The number of aromatic nitrogens is 1. The molecule has 98 valence electrons. The summed E-state index contributed by atoms with van der Waals surface area (Å²) in [5.74, 6) is 1.25.